The molecule has 0 unspecified atom stereocenters. The Morgan fingerprint density at radius 3 is 2.24 bits per heavy atom. The zero-order valence-electron chi connectivity index (χ0n) is 18.5. The summed E-state index contributed by atoms with van der Waals surface area (Å²) in [7, 11) is -3.73. The number of hydrogen-bond donors (Lipinski definition) is 0. The number of hydrogen-bond acceptors (Lipinski definition) is 5. The van der Waals surface area contributed by atoms with Crippen molar-refractivity contribution in [2.45, 2.75) is 24.2 Å². The highest BCUT2D eigenvalue weighted by Gasteiger charge is 2.41. The van der Waals surface area contributed by atoms with Crippen LogP contribution >= 0.6 is 0 Å². The zero-order valence-corrected chi connectivity index (χ0v) is 19.3. The van der Waals surface area contributed by atoms with Gasteiger partial charge in [0.1, 0.15) is 11.6 Å². The number of ether oxygens (including phenoxy) is 2. The number of amides is 1. The lowest BCUT2D eigenvalue weighted by Gasteiger charge is -2.41. The summed E-state index contributed by atoms with van der Waals surface area (Å²) in [6.45, 7) is 3.07. The predicted octanol–water partition coefficient (Wildman–Crippen LogP) is 2.92. The Balaban J connectivity index is 1.48. The third-order valence-corrected chi connectivity index (χ3v) is 8.33. The first-order valence-electron chi connectivity index (χ1n) is 11.2. The highest BCUT2D eigenvalue weighted by atomic mass is 32.2. The average Bonchev–Trinajstić information content (AvgIpc) is 2.85. The number of para-hydroxylation sites is 1. The molecule has 0 radical (unpaired) electrons. The summed E-state index contributed by atoms with van der Waals surface area (Å²) >= 11 is 0. The van der Waals surface area contributed by atoms with Crippen LogP contribution in [0.5, 0.6) is 5.75 Å². The molecule has 0 aliphatic carbocycles. The summed E-state index contributed by atoms with van der Waals surface area (Å²) < 4.78 is 52.2. The van der Waals surface area contributed by atoms with E-state index >= 15 is 0 Å². The molecule has 2 heterocycles. The topological polar surface area (TPSA) is 76.2 Å². The zero-order chi connectivity index (χ0) is 23.3. The van der Waals surface area contributed by atoms with Crippen LogP contribution < -0.4 is 4.74 Å². The molecule has 0 atom stereocenters. The van der Waals surface area contributed by atoms with Crippen molar-refractivity contribution in [3.05, 3.63) is 60.4 Å². The smallest absolute Gasteiger partial charge is 0.243 e. The summed E-state index contributed by atoms with van der Waals surface area (Å²) in [5.41, 5.74) is -0.472. The van der Waals surface area contributed by atoms with Gasteiger partial charge in [-0.3, -0.25) is 4.79 Å². The van der Waals surface area contributed by atoms with Gasteiger partial charge in [0.2, 0.25) is 15.9 Å². The van der Waals surface area contributed by atoms with E-state index in [1.54, 1.807) is 0 Å². The third kappa shape index (κ3) is 5.72. The first-order chi connectivity index (χ1) is 15.9. The maximum Gasteiger partial charge on any atom is 0.243 e. The van der Waals surface area contributed by atoms with Crippen LogP contribution in [0.15, 0.2) is 59.5 Å². The Hall–Kier alpha value is -2.49. The summed E-state index contributed by atoms with van der Waals surface area (Å²) in [6, 6.07) is 14.3. The molecule has 4 rings (SSSR count). The van der Waals surface area contributed by atoms with Crippen molar-refractivity contribution in [2.75, 3.05) is 46.0 Å². The molecule has 2 aliphatic heterocycles. The number of benzene rings is 2. The Kier molecular flexibility index (Phi) is 7.31. The van der Waals surface area contributed by atoms with Crippen LogP contribution in [0, 0.1) is 11.2 Å². The van der Waals surface area contributed by atoms with Crippen molar-refractivity contribution in [1.29, 1.82) is 0 Å². The molecule has 178 valence electrons. The van der Waals surface area contributed by atoms with Gasteiger partial charge in [-0.15, -0.1) is 0 Å². The number of morpholine rings is 1. The van der Waals surface area contributed by atoms with Crippen LogP contribution in [0.25, 0.3) is 0 Å². The van der Waals surface area contributed by atoms with Gasteiger partial charge < -0.3 is 14.4 Å². The van der Waals surface area contributed by atoms with Gasteiger partial charge in [-0.1, -0.05) is 18.2 Å². The number of nitrogens with zero attached hydrogens (tertiary/aromatic N) is 2. The highest BCUT2D eigenvalue weighted by Crippen LogP contribution is 2.38. The minimum Gasteiger partial charge on any atom is -0.493 e. The second kappa shape index (κ2) is 10.2. The fourth-order valence-electron chi connectivity index (χ4n) is 4.33. The Morgan fingerprint density at radius 1 is 0.970 bits per heavy atom. The van der Waals surface area contributed by atoms with Crippen molar-refractivity contribution >= 4 is 15.9 Å². The maximum absolute atomic E-state index is 13.3. The first kappa shape index (κ1) is 23.7. The van der Waals surface area contributed by atoms with E-state index in [0.29, 0.717) is 52.2 Å². The van der Waals surface area contributed by atoms with Crippen molar-refractivity contribution < 1.29 is 27.1 Å². The van der Waals surface area contributed by atoms with E-state index in [0.717, 1.165) is 17.9 Å². The van der Waals surface area contributed by atoms with Crippen LogP contribution in [0.3, 0.4) is 0 Å². The fraction of sp³-hybridized carbons (Fsp3) is 0.458. The van der Waals surface area contributed by atoms with Crippen LogP contribution in [0.2, 0.25) is 0 Å². The number of carbonyl (C=O) groups excluding carboxylic acids is 1. The molecule has 1 amide bonds. The van der Waals surface area contributed by atoms with Crippen molar-refractivity contribution in [2.24, 2.45) is 5.41 Å². The lowest BCUT2D eigenvalue weighted by Crippen LogP contribution is -2.49. The summed E-state index contributed by atoms with van der Waals surface area (Å²) in [6.07, 6.45) is 1.29. The van der Waals surface area contributed by atoms with Gasteiger partial charge in [0.25, 0.3) is 0 Å². The van der Waals surface area contributed by atoms with Crippen molar-refractivity contribution in [3.63, 3.8) is 0 Å². The molecule has 0 aromatic heterocycles. The average molecular weight is 477 g/mol. The molecule has 0 N–H and O–H groups in total. The number of halogens is 1. The van der Waals surface area contributed by atoms with Gasteiger partial charge in [-0.05, 0) is 49.2 Å². The molecule has 9 heteroatoms. The quantitative estimate of drug-likeness (QED) is 0.614. The van der Waals surface area contributed by atoms with Crippen LogP contribution in [-0.4, -0.2) is 69.5 Å². The Labute approximate surface area is 194 Å². The van der Waals surface area contributed by atoms with Gasteiger partial charge in [-0.25, -0.2) is 12.8 Å². The minimum atomic E-state index is -3.73. The molecule has 0 spiro atoms. The molecule has 2 aliphatic rings. The summed E-state index contributed by atoms with van der Waals surface area (Å²) in [5.74, 6) is 0.285. The number of carbonyl (C=O) groups is 1. The molecule has 7 nitrogen and oxygen atoms in total. The largest absolute Gasteiger partial charge is 0.493 e. The van der Waals surface area contributed by atoms with Gasteiger partial charge in [0.15, 0.2) is 0 Å². The molecule has 2 saturated heterocycles. The van der Waals surface area contributed by atoms with E-state index in [4.69, 9.17) is 9.47 Å². The highest BCUT2D eigenvalue weighted by molar-refractivity contribution is 7.89. The first-order valence-corrected chi connectivity index (χ1v) is 12.6. The molecule has 0 saturated carbocycles. The second-order valence-corrected chi connectivity index (χ2v) is 10.6. The summed E-state index contributed by atoms with van der Waals surface area (Å²) in [4.78, 5) is 14.9. The van der Waals surface area contributed by atoms with Gasteiger partial charge in [0, 0.05) is 38.0 Å². The van der Waals surface area contributed by atoms with Gasteiger partial charge in [0.05, 0.1) is 24.7 Å². The Bertz CT molecular complexity index is 1030. The van der Waals surface area contributed by atoms with Crippen LogP contribution in [0.4, 0.5) is 4.39 Å². The lowest BCUT2D eigenvalue weighted by atomic mass is 9.76. The normalized spacial score (nSPS) is 19.2. The number of rotatable bonds is 7. The number of sulfonamides is 1. The molecule has 33 heavy (non-hydrogen) atoms. The molecular weight excluding hydrogens is 447 g/mol. The van der Waals surface area contributed by atoms with E-state index in [1.807, 2.05) is 35.2 Å². The standard InChI is InChI=1S/C24H29FN2O5S/c25-20-6-8-22(9-7-20)33(29,30)27-12-10-24(11-13-27,19-32-21-4-2-1-3-5-21)18-23(28)26-14-16-31-17-15-26/h1-9H,10-19H2. The molecule has 2 aromatic carbocycles. The van der Waals surface area contributed by atoms with Gasteiger partial charge in [-0.2, -0.15) is 4.31 Å². The van der Waals surface area contributed by atoms with E-state index in [2.05, 4.69) is 0 Å². The minimum absolute atomic E-state index is 0.0461. The van der Waals surface area contributed by atoms with E-state index in [-0.39, 0.29) is 23.9 Å². The van der Waals surface area contributed by atoms with Crippen molar-refractivity contribution in [3.8, 4) is 5.75 Å². The SMILES string of the molecule is O=C(CC1(COc2ccccc2)CCN(S(=O)(=O)c2ccc(F)cc2)CC1)N1CCOCC1. The third-order valence-electron chi connectivity index (χ3n) is 6.41. The fourth-order valence-corrected chi connectivity index (χ4v) is 5.77. The number of piperidine rings is 1. The Morgan fingerprint density at radius 2 is 1.61 bits per heavy atom. The van der Waals surface area contributed by atoms with E-state index in [1.165, 1.54) is 16.4 Å². The van der Waals surface area contributed by atoms with Crippen LogP contribution in [0.1, 0.15) is 19.3 Å². The van der Waals surface area contributed by atoms with E-state index in [9.17, 15) is 17.6 Å². The predicted molar refractivity (Wildman–Crippen MR) is 121 cm³/mol. The molecule has 2 aromatic rings. The maximum atomic E-state index is 13.3. The van der Waals surface area contributed by atoms with E-state index < -0.39 is 21.3 Å². The lowest BCUT2D eigenvalue weighted by molar-refractivity contribution is -0.139. The van der Waals surface area contributed by atoms with Crippen molar-refractivity contribution in [1.82, 2.24) is 9.21 Å². The molecule has 2 fully saturated rings. The second-order valence-electron chi connectivity index (χ2n) is 8.63. The van der Waals surface area contributed by atoms with Gasteiger partial charge >= 0.3 is 0 Å². The van der Waals surface area contributed by atoms with Crippen LogP contribution in [-0.2, 0) is 19.6 Å². The molecule has 0 bridgehead atoms. The molecular formula is C24H29FN2O5S. The monoisotopic (exact) mass is 476 g/mol. The summed E-state index contributed by atoms with van der Waals surface area (Å²) in [5, 5.41) is 0.